The van der Waals surface area contributed by atoms with Crippen molar-refractivity contribution in [2.75, 3.05) is 13.7 Å². The summed E-state index contributed by atoms with van der Waals surface area (Å²) < 4.78 is 11.0. The Morgan fingerprint density at radius 3 is 2.64 bits per heavy atom. The number of ether oxygens (including phenoxy) is 2. The first-order valence-corrected chi connectivity index (χ1v) is 8.58. The van der Waals surface area contributed by atoms with E-state index in [0.29, 0.717) is 13.2 Å². The Bertz CT molecular complexity index is 673. The molecule has 0 aliphatic carbocycles. The van der Waals surface area contributed by atoms with E-state index in [1.54, 1.807) is 7.11 Å². The Hall–Kier alpha value is -2.53. The van der Waals surface area contributed by atoms with E-state index in [1.807, 2.05) is 42.5 Å². The van der Waals surface area contributed by atoms with E-state index in [0.717, 1.165) is 29.7 Å². The standard InChI is InChI=1S/C20H24N2O3/c1-24-18-9-7-15(8-10-18)14-21-20(23)22-17-11-12-25-19(13-17)16-5-3-2-4-6-16/h2-10,17,19H,11-14H2,1H3,(H2,21,22,23). The van der Waals surface area contributed by atoms with Gasteiger partial charge in [0.05, 0.1) is 13.2 Å². The summed E-state index contributed by atoms with van der Waals surface area (Å²) in [5, 5.41) is 5.96. The number of carbonyl (C=O) groups excluding carboxylic acids is 1. The molecule has 132 valence electrons. The van der Waals surface area contributed by atoms with Crippen LogP contribution in [0.4, 0.5) is 4.79 Å². The average molecular weight is 340 g/mol. The van der Waals surface area contributed by atoms with Crippen LogP contribution in [0.15, 0.2) is 54.6 Å². The van der Waals surface area contributed by atoms with E-state index < -0.39 is 0 Å². The van der Waals surface area contributed by atoms with Crippen molar-refractivity contribution in [3.8, 4) is 5.75 Å². The molecule has 0 saturated carbocycles. The molecule has 1 aliphatic heterocycles. The lowest BCUT2D eigenvalue weighted by molar-refractivity contribution is 0.00225. The van der Waals surface area contributed by atoms with Gasteiger partial charge in [0, 0.05) is 19.2 Å². The van der Waals surface area contributed by atoms with Gasteiger partial charge < -0.3 is 20.1 Å². The zero-order valence-electron chi connectivity index (χ0n) is 14.4. The van der Waals surface area contributed by atoms with E-state index in [1.165, 1.54) is 0 Å². The lowest BCUT2D eigenvalue weighted by atomic mass is 9.97. The zero-order chi connectivity index (χ0) is 17.5. The second-order valence-electron chi connectivity index (χ2n) is 6.17. The number of nitrogens with one attached hydrogen (secondary N) is 2. The van der Waals surface area contributed by atoms with Crippen LogP contribution in [-0.4, -0.2) is 25.8 Å². The highest BCUT2D eigenvalue weighted by molar-refractivity contribution is 5.74. The summed E-state index contributed by atoms with van der Waals surface area (Å²) in [6, 6.07) is 17.8. The first-order chi connectivity index (χ1) is 12.2. The normalized spacial score (nSPS) is 19.9. The number of hydrogen-bond acceptors (Lipinski definition) is 3. The van der Waals surface area contributed by atoms with Gasteiger partial charge in [0.1, 0.15) is 5.75 Å². The highest BCUT2D eigenvalue weighted by Gasteiger charge is 2.24. The fourth-order valence-electron chi connectivity index (χ4n) is 2.99. The lowest BCUT2D eigenvalue weighted by Gasteiger charge is -2.30. The van der Waals surface area contributed by atoms with E-state index >= 15 is 0 Å². The fraction of sp³-hybridized carbons (Fsp3) is 0.350. The lowest BCUT2D eigenvalue weighted by Crippen LogP contribution is -2.44. The maximum Gasteiger partial charge on any atom is 0.315 e. The molecule has 1 fully saturated rings. The molecule has 2 N–H and O–H groups in total. The van der Waals surface area contributed by atoms with Crippen LogP contribution in [0.25, 0.3) is 0 Å². The molecular formula is C20H24N2O3. The molecule has 0 radical (unpaired) electrons. The predicted molar refractivity (Wildman–Crippen MR) is 96.5 cm³/mol. The SMILES string of the molecule is COc1ccc(CNC(=O)NC2CCOC(c3ccccc3)C2)cc1. The Morgan fingerprint density at radius 1 is 1.16 bits per heavy atom. The van der Waals surface area contributed by atoms with Gasteiger partial charge >= 0.3 is 6.03 Å². The smallest absolute Gasteiger partial charge is 0.315 e. The van der Waals surface area contributed by atoms with Crippen LogP contribution < -0.4 is 15.4 Å². The van der Waals surface area contributed by atoms with Crippen molar-refractivity contribution in [3.05, 3.63) is 65.7 Å². The van der Waals surface area contributed by atoms with Gasteiger partial charge in [0.15, 0.2) is 0 Å². The van der Waals surface area contributed by atoms with Gasteiger partial charge in [-0.25, -0.2) is 4.79 Å². The number of hydrogen-bond donors (Lipinski definition) is 2. The molecule has 0 spiro atoms. The predicted octanol–water partition coefficient (Wildman–Crippen LogP) is 3.41. The van der Waals surface area contributed by atoms with Crippen LogP contribution in [0.5, 0.6) is 5.75 Å². The first-order valence-electron chi connectivity index (χ1n) is 8.58. The van der Waals surface area contributed by atoms with E-state index in [4.69, 9.17) is 9.47 Å². The summed E-state index contributed by atoms with van der Waals surface area (Å²) in [5.41, 5.74) is 2.19. The molecular weight excluding hydrogens is 316 g/mol. The maximum atomic E-state index is 12.2. The molecule has 5 heteroatoms. The summed E-state index contributed by atoms with van der Waals surface area (Å²) in [7, 11) is 1.64. The molecule has 1 aliphatic rings. The minimum absolute atomic E-state index is 0.0434. The number of urea groups is 1. The van der Waals surface area contributed by atoms with Gasteiger partial charge in [-0.3, -0.25) is 0 Å². The van der Waals surface area contributed by atoms with Crippen molar-refractivity contribution in [1.82, 2.24) is 10.6 Å². The van der Waals surface area contributed by atoms with Crippen LogP contribution in [0, 0.1) is 0 Å². The third-order valence-corrected chi connectivity index (χ3v) is 4.40. The van der Waals surface area contributed by atoms with Crippen LogP contribution in [-0.2, 0) is 11.3 Å². The molecule has 2 atom stereocenters. The van der Waals surface area contributed by atoms with Gasteiger partial charge in [0.25, 0.3) is 0 Å². The Balaban J connectivity index is 1.47. The third kappa shape index (κ3) is 4.97. The number of benzene rings is 2. The quantitative estimate of drug-likeness (QED) is 0.877. The molecule has 2 aromatic carbocycles. The topological polar surface area (TPSA) is 59.6 Å². The van der Waals surface area contributed by atoms with Crippen LogP contribution in [0.3, 0.4) is 0 Å². The molecule has 2 aromatic rings. The maximum absolute atomic E-state index is 12.2. The molecule has 2 unspecified atom stereocenters. The number of rotatable bonds is 5. The molecule has 25 heavy (non-hydrogen) atoms. The van der Waals surface area contributed by atoms with Crippen molar-refractivity contribution >= 4 is 6.03 Å². The van der Waals surface area contributed by atoms with Crippen LogP contribution in [0.2, 0.25) is 0 Å². The van der Waals surface area contributed by atoms with Crippen molar-refractivity contribution in [3.63, 3.8) is 0 Å². The number of methoxy groups -OCH3 is 1. The number of amides is 2. The summed E-state index contributed by atoms with van der Waals surface area (Å²) in [6.07, 6.45) is 1.67. The van der Waals surface area contributed by atoms with Crippen LogP contribution >= 0.6 is 0 Å². The molecule has 1 heterocycles. The molecule has 0 bridgehead atoms. The molecule has 1 saturated heterocycles. The Morgan fingerprint density at radius 2 is 1.92 bits per heavy atom. The van der Waals surface area contributed by atoms with Crippen molar-refractivity contribution in [2.45, 2.75) is 31.5 Å². The Kier molecular flexibility index (Phi) is 5.90. The van der Waals surface area contributed by atoms with Crippen LogP contribution in [0.1, 0.15) is 30.1 Å². The summed E-state index contributed by atoms with van der Waals surface area (Å²) in [6.45, 7) is 1.14. The summed E-state index contributed by atoms with van der Waals surface area (Å²) in [5.74, 6) is 0.808. The molecule has 3 rings (SSSR count). The highest BCUT2D eigenvalue weighted by Crippen LogP contribution is 2.27. The van der Waals surface area contributed by atoms with E-state index in [2.05, 4.69) is 22.8 Å². The van der Waals surface area contributed by atoms with Crippen molar-refractivity contribution in [2.24, 2.45) is 0 Å². The minimum Gasteiger partial charge on any atom is -0.497 e. The minimum atomic E-state index is -0.144. The van der Waals surface area contributed by atoms with E-state index in [-0.39, 0.29) is 18.2 Å². The molecule has 2 amide bonds. The first kappa shape index (κ1) is 17.3. The Labute approximate surface area is 148 Å². The fourth-order valence-corrected chi connectivity index (χ4v) is 2.99. The van der Waals surface area contributed by atoms with Gasteiger partial charge in [-0.05, 0) is 36.1 Å². The van der Waals surface area contributed by atoms with Gasteiger partial charge in [-0.15, -0.1) is 0 Å². The highest BCUT2D eigenvalue weighted by atomic mass is 16.5. The van der Waals surface area contributed by atoms with Gasteiger partial charge in [0.2, 0.25) is 0 Å². The zero-order valence-corrected chi connectivity index (χ0v) is 14.4. The number of carbonyl (C=O) groups is 1. The van der Waals surface area contributed by atoms with E-state index in [9.17, 15) is 4.79 Å². The van der Waals surface area contributed by atoms with Crippen molar-refractivity contribution in [1.29, 1.82) is 0 Å². The van der Waals surface area contributed by atoms with Gasteiger partial charge in [-0.1, -0.05) is 42.5 Å². The molecule has 0 aromatic heterocycles. The second-order valence-corrected chi connectivity index (χ2v) is 6.17. The third-order valence-electron chi connectivity index (χ3n) is 4.40. The summed E-state index contributed by atoms with van der Waals surface area (Å²) in [4.78, 5) is 12.2. The second kappa shape index (κ2) is 8.53. The largest absolute Gasteiger partial charge is 0.497 e. The monoisotopic (exact) mass is 340 g/mol. The van der Waals surface area contributed by atoms with Gasteiger partial charge in [-0.2, -0.15) is 0 Å². The molecule has 5 nitrogen and oxygen atoms in total. The van der Waals surface area contributed by atoms with Crippen molar-refractivity contribution < 1.29 is 14.3 Å². The summed E-state index contributed by atoms with van der Waals surface area (Å²) >= 11 is 0. The average Bonchev–Trinajstić information content (AvgIpc) is 2.68.